The summed E-state index contributed by atoms with van der Waals surface area (Å²) in [5.74, 6) is -0.843. The fourth-order valence-corrected chi connectivity index (χ4v) is 5.39. The molecule has 1 heterocycles. The zero-order chi connectivity index (χ0) is 22.9. The Balaban J connectivity index is 1.65. The molecule has 1 aromatic heterocycles. The minimum atomic E-state index is -3.65. The molecule has 32 heavy (non-hydrogen) atoms. The highest BCUT2D eigenvalue weighted by molar-refractivity contribution is 7.90. The summed E-state index contributed by atoms with van der Waals surface area (Å²) in [4.78, 5) is 12.8. The molecule has 0 aliphatic rings. The van der Waals surface area contributed by atoms with Crippen LogP contribution in [0.4, 0.5) is 10.1 Å². The first-order valence-corrected chi connectivity index (χ1v) is 11.8. The number of hydrogen-bond acceptors (Lipinski definition) is 3. The van der Waals surface area contributed by atoms with Gasteiger partial charge in [0.25, 0.3) is 0 Å². The van der Waals surface area contributed by atoms with Crippen molar-refractivity contribution in [2.75, 3.05) is 5.32 Å². The Bertz CT molecular complexity index is 1410. The van der Waals surface area contributed by atoms with Gasteiger partial charge in [-0.05, 0) is 55.3 Å². The molecule has 1 amide bonds. The highest BCUT2D eigenvalue weighted by atomic mass is 32.2. The van der Waals surface area contributed by atoms with Gasteiger partial charge in [-0.3, -0.25) is 4.79 Å². The van der Waals surface area contributed by atoms with Crippen molar-refractivity contribution in [3.8, 4) is 0 Å². The zero-order valence-corrected chi connectivity index (χ0v) is 18.6. The van der Waals surface area contributed by atoms with E-state index in [1.54, 1.807) is 28.8 Å². The minimum absolute atomic E-state index is 0.0725. The number of para-hydroxylation sites is 1. The van der Waals surface area contributed by atoms with E-state index in [1.807, 2.05) is 32.0 Å². The highest BCUT2D eigenvalue weighted by Crippen LogP contribution is 2.29. The molecule has 3 aromatic carbocycles. The smallest absolute Gasteiger partial charge is 0.244 e. The lowest BCUT2D eigenvalue weighted by atomic mass is 10.1. The highest BCUT2D eigenvalue weighted by Gasteiger charge is 2.23. The fourth-order valence-electron chi connectivity index (χ4n) is 3.72. The summed E-state index contributed by atoms with van der Waals surface area (Å²) in [5, 5.41) is 3.28. The first kappa shape index (κ1) is 21.8. The first-order chi connectivity index (χ1) is 15.2. The van der Waals surface area contributed by atoms with Gasteiger partial charge >= 0.3 is 0 Å². The standard InChI is InChI=1S/C25H23FN2O3S/c1-17-7-8-18(2)19(13-17)16-32(30,31)24-14-28(23-6-4-3-5-22(23)24)15-25(29)27-21-11-9-20(26)10-12-21/h3-14H,15-16H2,1-2H3,(H,27,29). The van der Waals surface area contributed by atoms with Crippen LogP contribution in [-0.4, -0.2) is 18.9 Å². The first-order valence-electron chi connectivity index (χ1n) is 10.1. The van der Waals surface area contributed by atoms with Crippen LogP contribution in [0.5, 0.6) is 0 Å². The Morgan fingerprint density at radius 1 is 1.00 bits per heavy atom. The maximum Gasteiger partial charge on any atom is 0.244 e. The van der Waals surface area contributed by atoms with Crippen molar-refractivity contribution in [2.24, 2.45) is 0 Å². The van der Waals surface area contributed by atoms with Gasteiger partial charge in [0.2, 0.25) is 5.91 Å². The largest absolute Gasteiger partial charge is 0.337 e. The number of fused-ring (bicyclic) bond motifs is 1. The Labute approximate surface area is 186 Å². The van der Waals surface area contributed by atoms with Crippen LogP contribution in [0.3, 0.4) is 0 Å². The SMILES string of the molecule is Cc1ccc(C)c(CS(=O)(=O)c2cn(CC(=O)Nc3ccc(F)cc3)c3ccccc23)c1. The lowest BCUT2D eigenvalue weighted by Crippen LogP contribution is -2.18. The van der Waals surface area contributed by atoms with Crippen molar-refractivity contribution in [3.63, 3.8) is 0 Å². The molecule has 4 aromatic rings. The molecule has 164 valence electrons. The number of carbonyl (C=O) groups is 1. The topological polar surface area (TPSA) is 68.2 Å². The van der Waals surface area contributed by atoms with Crippen molar-refractivity contribution in [1.29, 1.82) is 0 Å². The molecule has 0 aliphatic heterocycles. The lowest BCUT2D eigenvalue weighted by molar-refractivity contribution is -0.116. The molecule has 5 nitrogen and oxygen atoms in total. The van der Waals surface area contributed by atoms with E-state index in [0.717, 1.165) is 16.7 Å². The maximum atomic E-state index is 13.4. The van der Waals surface area contributed by atoms with Crippen molar-refractivity contribution in [3.05, 3.63) is 95.4 Å². The molecule has 4 rings (SSSR count). The van der Waals surface area contributed by atoms with E-state index in [9.17, 15) is 17.6 Å². The Morgan fingerprint density at radius 3 is 2.47 bits per heavy atom. The molecule has 0 bridgehead atoms. The van der Waals surface area contributed by atoms with Gasteiger partial charge in [0.1, 0.15) is 12.4 Å². The van der Waals surface area contributed by atoms with Gasteiger partial charge in [-0.1, -0.05) is 42.0 Å². The Kier molecular flexibility index (Phi) is 5.84. The summed E-state index contributed by atoms with van der Waals surface area (Å²) in [7, 11) is -3.65. The molecule has 0 fully saturated rings. The zero-order valence-electron chi connectivity index (χ0n) is 17.8. The van der Waals surface area contributed by atoms with Crippen LogP contribution in [-0.2, 0) is 26.9 Å². The Hall–Kier alpha value is -3.45. The maximum absolute atomic E-state index is 13.4. The number of rotatable bonds is 6. The second-order valence-corrected chi connectivity index (χ2v) is 9.84. The van der Waals surface area contributed by atoms with Crippen molar-refractivity contribution < 1.29 is 17.6 Å². The van der Waals surface area contributed by atoms with Crippen molar-refractivity contribution in [1.82, 2.24) is 4.57 Å². The average molecular weight is 451 g/mol. The number of halogens is 1. The fraction of sp³-hybridized carbons (Fsp3) is 0.160. The van der Waals surface area contributed by atoms with E-state index in [2.05, 4.69) is 5.32 Å². The number of anilines is 1. The van der Waals surface area contributed by atoms with Crippen LogP contribution in [0.2, 0.25) is 0 Å². The molecule has 0 atom stereocenters. The van der Waals surface area contributed by atoms with Crippen LogP contribution in [0.15, 0.2) is 77.8 Å². The molecule has 0 saturated carbocycles. The number of sulfone groups is 1. The molecular weight excluding hydrogens is 427 g/mol. The van der Waals surface area contributed by atoms with E-state index >= 15 is 0 Å². The third-order valence-electron chi connectivity index (χ3n) is 5.38. The molecule has 0 spiro atoms. The summed E-state index contributed by atoms with van der Waals surface area (Å²) in [6, 6.07) is 18.4. The van der Waals surface area contributed by atoms with Crippen LogP contribution < -0.4 is 5.32 Å². The van der Waals surface area contributed by atoms with Crippen molar-refractivity contribution >= 4 is 32.3 Å². The third kappa shape index (κ3) is 4.57. The number of aromatic nitrogens is 1. The number of hydrogen-bond donors (Lipinski definition) is 1. The quantitative estimate of drug-likeness (QED) is 0.449. The molecule has 0 aliphatic carbocycles. The van der Waals surface area contributed by atoms with Crippen LogP contribution in [0.1, 0.15) is 16.7 Å². The number of nitrogens with one attached hydrogen (secondary N) is 1. The summed E-state index contributed by atoms with van der Waals surface area (Å²) in [5.41, 5.74) is 3.80. The lowest BCUT2D eigenvalue weighted by Gasteiger charge is -2.08. The van der Waals surface area contributed by atoms with Gasteiger partial charge in [-0.25, -0.2) is 12.8 Å². The summed E-state index contributed by atoms with van der Waals surface area (Å²) in [6.45, 7) is 3.76. The normalized spacial score (nSPS) is 11.6. The third-order valence-corrected chi connectivity index (χ3v) is 7.07. The molecular formula is C25H23FN2O3S. The summed E-state index contributed by atoms with van der Waals surface area (Å²) in [6.07, 6.45) is 1.52. The van der Waals surface area contributed by atoms with Gasteiger partial charge in [0.15, 0.2) is 9.84 Å². The Morgan fingerprint density at radius 2 is 1.72 bits per heavy atom. The molecule has 0 unspecified atom stereocenters. The van der Waals surface area contributed by atoms with Crippen LogP contribution in [0, 0.1) is 19.7 Å². The summed E-state index contributed by atoms with van der Waals surface area (Å²) < 4.78 is 41.4. The van der Waals surface area contributed by atoms with Gasteiger partial charge in [-0.15, -0.1) is 0 Å². The number of benzene rings is 3. The molecule has 0 saturated heterocycles. The van der Waals surface area contributed by atoms with Gasteiger partial charge in [-0.2, -0.15) is 0 Å². The monoisotopic (exact) mass is 450 g/mol. The van der Waals surface area contributed by atoms with E-state index in [-0.39, 0.29) is 23.1 Å². The molecule has 1 N–H and O–H groups in total. The number of nitrogens with zero attached hydrogens (tertiary/aromatic N) is 1. The number of carbonyl (C=O) groups excluding carboxylic acids is 1. The second-order valence-electron chi connectivity index (χ2n) is 7.88. The van der Waals surface area contributed by atoms with E-state index in [1.165, 1.54) is 30.5 Å². The molecule has 0 radical (unpaired) electrons. The predicted octanol–water partition coefficient (Wildman–Crippen LogP) is 5.01. The van der Waals surface area contributed by atoms with Crippen LogP contribution >= 0.6 is 0 Å². The predicted molar refractivity (Wildman–Crippen MR) is 124 cm³/mol. The van der Waals surface area contributed by atoms with Crippen LogP contribution in [0.25, 0.3) is 10.9 Å². The van der Waals surface area contributed by atoms with Gasteiger partial charge in [0, 0.05) is 22.8 Å². The number of aryl methyl sites for hydroxylation is 2. The molecule has 7 heteroatoms. The van der Waals surface area contributed by atoms with E-state index in [4.69, 9.17) is 0 Å². The van der Waals surface area contributed by atoms with Crippen molar-refractivity contribution in [2.45, 2.75) is 31.0 Å². The second kappa shape index (κ2) is 8.59. The van der Waals surface area contributed by atoms with Gasteiger partial charge < -0.3 is 9.88 Å². The minimum Gasteiger partial charge on any atom is -0.337 e. The average Bonchev–Trinajstić information content (AvgIpc) is 3.12. The summed E-state index contributed by atoms with van der Waals surface area (Å²) >= 11 is 0. The van der Waals surface area contributed by atoms with Gasteiger partial charge in [0.05, 0.1) is 10.6 Å². The number of amides is 1. The van der Waals surface area contributed by atoms with E-state index in [0.29, 0.717) is 16.6 Å². The van der Waals surface area contributed by atoms with E-state index < -0.39 is 15.7 Å².